The summed E-state index contributed by atoms with van der Waals surface area (Å²) in [4.78, 5) is 4.35. The Hall–Kier alpha value is -2.56. The first-order chi connectivity index (χ1) is 11.0. The van der Waals surface area contributed by atoms with Crippen LogP contribution in [0.15, 0.2) is 54.6 Å². The molecule has 3 rings (SSSR count). The third kappa shape index (κ3) is 3.28. The molecule has 0 N–H and O–H groups in total. The second kappa shape index (κ2) is 5.91. The number of aromatic nitrogens is 1. The molecule has 118 valence electrons. The lowest BCUT2D eigenvalue weighted by atomic mass is 10.1. The van der Waals surface area contributed by atoms with Gasteiger partial charge in [-0.3, -0.25) is 0 Å². The minimum atomic E-state index is -4.37. The van der Waals surface area contributed by atoms with Gasteiger partial charge in [0.2, 0.25) is 0 Å². The predicted octanol–water partition coefficient (Wildman–Crippen LogP) is 5.32. The molecule has 0 aliphatic heterocycles. The van der Waals surface area contributed by atoms with E-state index in [1.807, 2.05) is 31.2 Å². The van der Waals surface area contributed by atoms with E-state index in [4.69, 9.17) is 4.74 Å². The Labute approximate surface area is 131 Å². The summed E-state index contributed by atoms with van der Waals surface area (Å²) in [7, 11) is 0. The van der Waals surface area contributed by atoms with Crippen LogP contribution in [0.5, 0.6) is 5.75 Å². The van der Waals surface area contributed by atoms with Gasteiger partial charge in [0, 0.05) is 10.9 Å². The van der Waals surface area contributed by atoms with Crippen LogP contribution in [0, 0.1) is 0 Å². The van der Waals surface area contributed by atoms with Crippen molar-refractivity contribution in [2.75, 3.05) is 6.61 Å². The third-order valence-electron chi connectivity index (χ3n) is 3.48. The first kappa shape index (κ1) is 15.3. The van der Waals surface area contributed by atoms with E-state index < -0.39 is 11.7 Å². The van der Waals surface area contributed by atoms with Gasteiger partial charge in [-0.15, -0.1) is 0 Å². The molecule has 2 nitrogen and oxygen atoms in total. The van der Waals surface area contributed by atoms with E-state index in [9.17, 15) is 13.2 Å². The van der Waals surface area contributed by atoms with Crippen LogP contribution in [0.25, 0.3) is 22.2 Å². The number of halogens is 3. The van der Waals surface area contributed by atoms with Gasteiger partial charge in [-0.25, -0.2) is 4.98 Å². The normalized spacial score (nSPS) is 11.7. The summed E-state index contributed by atoms with van der Waals surface area (Å²) in [6.45, 7) is 2.48. The number of fused-ring (bicyclic) bond motifs is 1. The molecule has 0 saturated heterocycles. The zero-order chi connectivity index (χ0) is 16.4. The summed E-state index contributed by atoms with van der Waals surface area (Å²) < 4.78 is 43.8. The average molecular weight is 317 g/mol. The highest BCUT2D eigenvalue weighted by Crippen LogP contribution is 2.31. The lowest BCUT2D eigenvalue weighted by molar-refractivity contribution is -0.137. The van der Waals surface area contributed by atoms with Gasteiger partial charge in [-0.05, 0) is 49.4 Å². The number of pyridine rings is 1. The molecular formula is C18H14F3NO. The molecule has 2 aromatic carbocycles. The zero-order valence-electron chi connectivity index (χ0n) is 12.4. The van der Waals surface area contributed by atoms with Crippen LogP contribution in [0.3, 0.4) is 0 Å². The topological polar surface area (TPSA) is 22.1 Å². The fraction of sp³-hybridized carbons (Fsp3) is 0.167. The summed E-state index contributed by atoms with van der Waals surface area (Å²) in [6, 6.07) is 14.5. The highest BCUT2D eigenvalue weighted by molar-refractivity contribution is 5.82. The zero-order valence-corrected chi connectivity index (χ0v) is 12.4. The van der Waals surface area contributed by atoms with Gasteiger partial charge in [0.1, 0.15) is 5.75 Å². The van der Waals surface area contributed by atoms with Crippen LogP contribution in [0.1, 0.15) is 12.5 Å². The van der Waals surface area contributed by atoms with Gasteiger partial charge < -0.3 is 4.74 Å². The first-order valence-corrected chi connectivity index (χ1v) is 7.18. The fourth-order valence-corrected chi connectivity index (χ4v) is 2.34. The molecule has 0 fully saturated rings. The molecule has 3 aromatic rings. The Balaban J connectivity index is 2.01. The predicted molar refractivity (Wildman–Crippen MR) is 83.4 cm³/mol. The average Bonchev–Trinajstić information content (AvgIpc) is 2.54. The van der Waals surface area contributed by atoms with Gasteiger partial charge >= 0.3 is 6.18 Å². The molecule has 0 bridgehead atoms. The van der Waals surface area contributed by atoms with Gasteiger partial charge in [-0.2, -0.15) is 13.2 Å². The molecule has 0 unspecified atom stereocenters. The van der Waals surface area contributed by atoms with Gasteiger partial charge in [-0.1, -0.05) is 12.1 Å². The van der Waals surface area contributed by atoms with Crippen LogP contribution in [-0.2, 0) is 6.18 Å². The number of hydrogen-bond donors (Lipinski definition) is 0. The van der Waals surface area contributed by atoms with E-state index in [-0.39, 0.29) is 0 Å². The summed E-state index contributed by atoms with van der Waals surface area (Å²) in [6.07, 6.45) is -4.37. The highest BCUT2D eigenvalue weighted by Gasteiger charge is 2.30. The van der Waals surface area contributed by atoms with Crippen LogP contribution < -0.4 is 4.74 Å². The fourth-order valence-electron chi connectivity index (χ4n) is 2.34. The molecular weight excluding hydrogens is 303 g/mol. The molecule has 23 heavy (non-hydrogen) atoms. The van der Waals surface area contributed by atoms with Gasteiger partial charge in [0.25, 0.3) is 0 Å². The first-order valence-electron chi connectivity index (χ1n) is 7.18. The highest BCUT2D eigenvalue weighted by atomic mass is 19.4. The SMILES string of the molecule is CCOc1ccc(-c2ccc3ccc(C(F)(F)F)cc3n2)cc1. The van der Waals surface area contributed by atoms with E-state index >= 15 is 0 Å². The minimum Gasteiger partial charge on any atom is -0.494 e. The standard InChI is InChI=1S/C18H14F3NO/c1-2-23-15-8-4-12(5-9-15)16-10-6-13-3-7-14(18(19,20)21)11-17(13)22-16/h3-11H,2H2,1H3. The molecule has 0 amide bonds. The van der Waals surface area contributed by atoms with E-state index in [0.717, 1.165) is 23.4 Å². The molecule has 0 atom stereocenters. The quantitative estimate of drug-likeness (QED) is 0.652. The van der Waals surface area contributed by atoms with Crippen molar-refractivity contribution < 1.29 is 17.9 Å². The van der Waals surface area contributed by atoms with Gasteiger partial charge in [0.05, 0.1) is 23.4 Å². The second-order valence-electron chi connectivity index (χ2n) is 5.06. The maximum atomic E-state index is 12.8. The van der Waals surface area contributed by atoms with Crippen molar-refractivity contribution in [1.29, 1.82) is 0 Å². The monoisotopic (exact) mass is 317 g/mol. The maximum Gasteiger partial charge on any atom is 0.416 e. The Kier molecular flexibility index (Phi) is 3.94. The Morgan fingerprint density at radius 3 is 2.30 bits per heavy atom. The van der Waals surface area contributed by atoms with Crippen LogP contribution >= 0.6 is 0 Å². The van der Waals surface area contributed by atoms with Crippen molar-refractivity contribution in [2.45, 2.75) is 13.1 Å². The van der Waals surface area contributed by atoms with Gasteiger partial charge in [0.15, 0.2) is 0 Å². The Bertz CT molecular complexity index is 826. The Morgan fingerprint density at radius 1 is 0.957 bits per heavy atom. The minimum absolute atomic E-state index is 0.325. The Morgan fingerprint density at radius 2 is 1.65 bits per heavy atom. The molecule has 0 radical (unpaired) electrons. The summed E-state index contributed by atoms with van der Waals surface area (Å²) in [5.74, 6) is 0.747. The number of alkyl halides is 3. The molecule has 0 spiro atoms. The van der Waals surface area contributed by atoms with Crippen molar-refractivity contribution in [3.05, 3.63) is 60.2 Å². The smallest absolute Gasteiger partial charge is 0.416 e. The summed E-state index contributed by atoms with van der Waals surface area (Å²) >= 11 is 0. The van der Waals surface area contributed by atoms with Crippen molar-refractivity contribution in [1.82, 2.24) is 4.98 Å². The van der Waals surface area contributed by atoms with Crippen molar-refractivity contribution in [3.8, 4) is 17.0 Å². The van der Waals surface area contributed by atoms with E-state index in [1.54, 1.807) is 12.1 Å². The largest absolute Gasteiger partial charge is 0.494 e. The maximum absolute atomic E-state index is 12.8. The molecule has 0 aliphatic rings. The number of hydrogen-bond acceptors (Lipinski definition) is 2. The number of benzene rings is 2. The number of rotatable bonds is 3. The van der Waals surface area contributed by atoms with Crippen LogP contribution in [0.4, 0.5) is 13.2 Å². The van der Waals surface area contributed by atoms with Crippen LogP contribution in [-0.4, -0.2) is 11.6 Å². The van der Waals surface area contributed by atoms with E-state index in [2.05, 4.69) is 4.98 Å². The second-order valence-corrected chi connectivity index (χ2v) is 5.06. The number of ether oxygens (including phenoxy) is 1. The van der Waals surface area contributed by atoms with E-state index in [1.165, 1.54) is 6.07 Å². The van der Waals surface area contributed by atoms with Crippen LogP contribution in [0.2, 0.25) is 0 Å². The van der Waals surface area contributed by atoms with Crippen molar-refractivity contribution >= 4 is 10.9 Å². The molecule has 1 heterocycles. The summed E-state index contributed by atoms with van der Waals surface area (Å²) in [5, 5.41) is 0.674. The van der Waals surface area contributed by atoms with Crippen molar-refractivity contribution in [3.63, 3.8) is 0 Å². The molecule has 1 aromatic heterocycles. The number of nitrogens with zero attached hydrogens (tertiary/aromatic N) is 1. The lowest BCUT2D eigenvalue weighted by Crippen LogP contribution is -2.04. The molecule has 5 heteroatoms. The van der Waals surface area contributed by atoms with Crippen molar-refractivity contribution in [2.24, 2.45) is 0 Å². The lowest BCUT2D eigenvalue weighted by Gasteiger charge is -2.09. The molecule has 0 aliphatic carbocycles. The van der Waals surface area contributed by atoms with E-state index in [0.29, 0.717) is 23.2 Å². The third-order valence-corrected chi connectivity index (χ3v) is 3.48. The summed E-state index contributed by atoms with van der Waals surface area (Å²) in [5.41, 5.74) is 1.08. The molecule has 0 saturated carbocycles.